The lowest BCUT2D eigenvalue weighted by molar-refractivity contribution is 0.0595. The molecular weight excluding hydrogens is 353 g/mol. The van der Waals surface area contributed by atoms with Gasteiger partial charge < -0.3 is 9.64 Å². The smallest absolute Gasteiger partial charge is 0.340 e. The highest BCUT2D eigenvalue weighted by molar-refractivity contribution is 5.90. The molecule has 0 radical (unpaired) electrons. The quantitative estimate of drug-likeness (QED) is 0.495. The summed E-state index contributed by atoms with van der Waals surface area (Å²) in [6, 6.07) is 23.3. The van der Waals surface area contributed by atoms with Crippen molar-refractivity contribution >= 4 is 11.7 Å². The molecule has 0 aliphatic carbocycles. The van der Waals surface area contributed by atoms with Gasteiger partial charge in [0, 0.05) is 18.8 Å². The van der Waals surface area contributed by atoms with Crippen LogP contribution in [-0.4, -0.2) is 19.6 Å². The number of halogens is 1. The van der Waals surface area contributed by atoms with Gasteiger partial charge in [-0.2, -0.15) is 0 Å². The summed E-state index contributed by atoms with van der Waals surface area (Å²) in [5, 5.41) is 0. The maximum absolute atomic E-state index is 14.0. The molecule has 0 heterocycles. The monoisotopic (exact) mass is 377 g/mol. The molecule has 0 saturated carbocycles. The zero-order valence-electron chi connectivity index (χ0n) is 16.2. The first-order valence-electron chi connectivity index (χ1n) is 9.39. The van der Waals surface area contributed by atoms with Crippen LogP contribution in [0.5, 0.6) is 0 Å². The zero-order valence-corrected chi connectivity index (χ0v) is 16.2. The number of rotatable bonds is 7. The molecule has 0 aliphatic rings. The molecular formula is C24H24FNO2. The predicted octanol–water partition coefficient (Wildman–Crippen LogP) is 5.70. The highest BCUT2D eigenvalue weighted by Crippen LogP contribution is 2.24. The van der Waals surface area contributed by atoms with E-state index in [1.54, 1.807) is 12.1 Å². The minimum absolute atomic E-state index is 0.0412. The molecule has 0 N–H and O–H groups in total. The molecule has 0 aliphatic heterocycles. The van der Waals surface area contributed by atoms with Gasteiger partial charge in [-0.1, -0.05) is 61.5 Å². The number of methoxy groups -OCH3 is 1. The topological polar surface area (TPSA) is 29.5 Å². The summed E-state index contributed by atoms with van der Waals surface area (Å²) in [5.74, 6) is -1.23. The van der Waals surface area contributed by atoms with Crippen molar-refractivity contribution < 1.29 is 13.9 Å². The largest absolute Gasteiger partial charge is 0.465 e. The minimum atomic E-state index is -0.664. The van der Waals surface area contributed by atoms with Crippen molar-refractivity contribution in [2.75, 3.05) is 18.6 Å². The van der Waals surface area contributed by atoms with Gasteiger partial charge in [-0.05, 0) is 41.3 Å². The van der Waals surface area contributed by atoms with Crippen LogP contribution in [0.1, 0.15) is 29.3 Å². The lowest BCUT2D eigenvalue weighted by Crippen LogP contribution is -2.24. The molecule has 3 rings (SSSR count). The molecule has 0 saturated heterocycles. The third-order valence-electron chi connectivity index (χ3n) is 4.65. The Balaban J connectivity index is 1.83. The molecule has 28 heavy (non-hydrogen) atoms. The van der Waals surface area contributed by atoms with E-state index >= 15 is 0 Å². The van der Waals surface area contributed by atoms with Crippen molar-refractivity contribution in [2.24, 2.45) is 0 Å². The number of hydrogen-bond donors (Lipinski definition) is 0. The molecule has 0 unspecified atom stereocenters. The fraction of sp³-hybridized carbons (Fsp3) is 0.208. The van der Waals surface area contributed by atoms with Crippen LogP contribution < -0.4 is 4.90 Å². The van der Waals surface area contributed by atoms with Crippen molar-refractivity contribution in [1.29, 1.82) is 0 Å². The maximum Gasteiger partial charge on any atom is 0.340 e. The van der Waals surface area contributed by atoms with E-state index < -0.39 is 11.8 Å². The van der Waals surface area contributed by atoms with Crippen molar-refractivity contribution in [2.45, 2.75) is 19.9 Å². The number of anilines is 1. The summed E-state index contributed by atoms with van der Waals surface area (Å²) < 4.78 is 18.7. The van der Waals surface area contributed by atoms with Gasteiger partial charge in [0.2, 0.25) is 0 Å². The average molecular weight is 377 g/mol. The summed E-state index contributed by atoms with van der Waals surface area (Å²) in [6.45, 7) is 3.57. The second-order valence-electron chi connectivity index (χ2n) is 6.64. The van der Waals surface area contributed by atoms with Crippen molar-refractivity contribution in [1.82, 2.24) is 0 Å². The second-order valence-corrected chi connectivity index (χ2v) is 6.64. The molecule has 0 atom stereocenters. The molecule has 0 amide bonds. The molecule has 3 aromatic carbocycles. The van der Waals surface area contributed by atoms with Gasteiger partial charge in [0.25, 0.3) is 0 Å². The summed E-state index contributed by atoms with van der Waals surface area (Å²) in [4.78, 5) is 14.0. The summed E-state index contributed by atoms with van der Waals surface area (Å²) >= 11 is 0. The molecule has 3 nitrogen and oxygen atoms in total. The Bertz CT molecular complexity index is 923. The van der Waals surface area contributed by atoms with Gasteiger partial charge >= 0.3 is 5.97 Å². The van der Waals surface area contributed by atoms with E-state index in [0.717, 1.165) is 24.2 Å². The molecule has 0 fully saturated rings. The number of carbonyl (C=O) groups excluding carboxylic acids is 1. The van der Waals surface area contributed by atoms with E-state index in [-0.39, 0.29) is 5.56 Å². The van der Waals surface area contributed by atoms with Crippen LogP contribution in [-0.2, 0) is 11.3 Å². The highest BCUT2D eigenvalue weighted by atomic mass is 19.1. The summed E-state index contributed by atoms with van der Waals surface area (Å²) in [7, 11) is 1.26. The number of hydrogen-bond acceptors (Lipinski definition) is 3. The number of ether oxygens (including phenoxy) is 1. The van der Waals surface area contributed by atoms with Gasteiger partial charge in [-0.3, -0.25) is 0 Å². The number of benzene rings is 3. The fourth-order valence-corrected chi connectivity index (χ4v) is 3.20. The van der Waals surface area contributed by atoms with E-state index in [1.165, 1.54) is 24.3 Å². The minimum Gasteiger partial charge on any atom is -0.465 e. The molecule has 0 bridgehead atoms. The van der Waals surface area contributed by atoms with Gasteiger partial charge in [0.15, 0.2) is 0 Å². The normalized spacial score (nSPS) is 10.5. The van der Waals surface area contributed by atoms with Gasteiger partial charge in [-0.15, -0.1) is 0 Å². The van der Waals surface area contributed by atoms with Crippen LogP contribution in [0.2, 0.25) is 0 Å². The molecule has 0 aromatic heterocycles. The van der Waals surface area contributed by atoms with Crippen LogP contribution in [0.15, 0.2) is 72.8 Å². The summed E-state index contributed by atoms with van der Waals surface area (Å²) in [6.07, 6.45) is 0.938. The lowest BCUT2D eigenvalue weighted by Gasteiger charge is -2.25. The molecule has 0 spiro atoms. The number of esters is 1. The van der Waals surface area contributed by atoms with Crippen molar-refractivity contribution in [3.8, 4) is 11.1 Å². The second kappa shape index (κ2) is 9.18. The van der Waals surface area contributed by atoms with Crippen LogP contribution in [0.4, 0.5) is 10.1 Å². The summed E-state index contributed by atoms with van der Waals surface area (Å²) in [5.41, 5.74) is 4.26. The Morgan fingerprint density at radius 1 is 0.964 bits per heavy atom. The van der Waals surface area contributed by atoms with Gasteiger partial charge in [-0.25, -0.2) is 9.18 Å². The Morgan fingerprint density at radius 3 is 2.29 bits per heavy atom. The predicted molar refractivity (Wildman–Crippen MR) is 111 cm³/mol. The maximum atomic E-state index is 14.0. The first-order chi connectivity index (χ1) is 13.6. The van der Waals surface area contributed by atoms with Crippen LogP contribution in [0.3, 0.4) is 0 Å². The van der Waals surface area contributed by atoms with Crippen LogP contribution >= 0.6 is 0 Å². The molecule has 144 valence electrons. The van der Waals surface area contributed by atoms with Crippen molar-refractivity contribution in [3.63, 3.8) is 0 Å². The van der Waals surface area contributed by atoms with E-state index in [0.29, 0.717) is 6.54 Å². The van der Waals surface area contributed by atoms with E-state index in [2.05, 4.69) is 53.0 Å². The lowest BCUT2D eigenvalue weighted by atomic mass is 10.0. The third kappa shape index (κ3) is 4.58. The Kier molecular flexibility index (Phi) is 6.43. The highest BCUT2D eigenvalue weighted by Gasteiger charge is 2.15. The first-order valence-corrected chi connectivity index (χ1v) is 9.39. The zero-order chi connectivity index (χ0) is 19.9. The Morgan fingerprint density at radius 2 is 1.64 bits per heavy atom. The molecule has 3 aromatic rings. The average Bonchev–Trinajstić information content (AvgIpc) is 2.74. The fourth-order valence-electron chi connectivity index (χ4n) is 3.20. The third-order valence-corrected chi connectivity index (χ3v) is 4.65. The van der Waals surface area contributed by atoms with Gasteiger partial charge in [0.05, 0.1) is 12.7 Å². The van der Waals surface area contributed by atoms with Gasteiger partial charge in [0.1, 0.15) is 5.82 Å². The van der Waals surface area contributed by atoms with Crippen LogP contribution in [0, 0.1) is 5.82 Å². The van der Waals surface area contributed by atoms with Crippen molar-refractivity contribution in [3.05, 3.63) is 89.7 Å². The van der Waals surface area contributed by atoms with E-state index in [1.807, 2.05) is 18.2 Å². The number of carbonyl (C=O) groups is 1. The first kappa shape index (κ1) is 19.6. The standard InChI is InChI=1S/C24H24FNO2/c1-3-15-26(21-13-14-23(25)22(16-21)24(27)28-2)17-18-9-11-20(12-10-18)19-7-5-4-6-8-19/h4-14,16H,3,15,17H2,1-2H3. The van der Waals surface area contributed by atoms with Crippen LogP contribution in [0.25, 0.3) is 11.1 Å². The SMILES string of the molecule is CCCN(Cc1ccc(-c2ccccc2)cc1)c1ccc(F)c(C(=O)OC)c1. The molecule has 4 heteroatoms. The Labute approximate surface area is 165 Å². The van der Waals surface area contributed by atoms with E-state index in [9.17, 15) is 9.18 Å². The van der Waals surface area contributed by atoms with E-state index in [4.69, 9.17) is 0 Å². The number of nitrogens with zero attached hydrogens (tertiary/aromatic N) is 1. The Hall–Kier alpha value is -3.14.